The highest BCUT2D eigenvalue weighted by atomic mass is 35.5. The van der Waals surface area contributed by atoms with Gasteiger partial charge in [-0.2, -0.15) is 0 Å². The van der Waals surface area contributed by atoms with Crippen LogP contribution in [0.25, 0.3) is 11.1 Å². The number of oxazole rings is 1. The van der Waals surface area contributed by atoms with Gasteiger partial charge in [-0.25, -0.2) is 4.79 Å². The van der Waals surface area contributed by atoms with E-state index in [9.17, 15) is 4.79 Å². The van der Waals surface area contributed by atoms with Crippen LogP contribution < -0.4 is 5.76 Å². The van der Waals surface area contributed by atoms with Crippen LogP contribution in [-0.2, 0) is 6.54 Å². The largest absolute Gasteiger partial charge is 0.419 e. The summed E-state index contributed by atoms with van der Waals surface area (Å²) in [5, 5.41) is 0.619. The summed E-state index contributed by atoms with van der Waals surface area (Å²) in [5.74, 6) is -0.305. The third-order valence-electron chi connectivity index (χ3n) is 2.36. The molecule has 0 atom stereocenters. The average Bonchev–Trinajstić information content (AvgIpc) is 2.51. The molecule has 0 amide bonds. The average molecular weight is 226 g/mol. The molecule has 0 spiro atoms. The highest BCUT2D eigenvalue weighted by Gasteiger charge is 2.08. The van der Waals surface area contributed by atoms with Crippen molar-refractivity contribution in [3.8, 4) is 0 Å². The number of hydrogen-bond acceptors (Lipinski definition) is 2. The molecule has 0 N–H and O–H groups in total. The van der Waals surface area contributed by atoms with Crippen molar-refractivity contribution in [2.45, 2.75) is 26.3 Å². The van der Waals surface area contributed by atoms with Gasteiger partial charge in [0.15, 0.2) is 5.58 Å². The summed E-state index contributed by atoms with van der Waals surface area (Å²) in [7, 11) is 0. The van der Waals surface area contributed by atoms with E-state index in [0.29, 0.717) is 17.2 Å². The highest BCUT2D eigenvalue weighted by molar-refractivity contribution is 6.31. The highest BCUT2D eigenvalue weighted by Crippen LogP contribution is 2.18. The quantitative estimate of drug-likeness (QED) is 0.805. The van der Waals surface area contributed by atoms with Crippen molar-refractivity contribution in [1.29, 1.82) is 0 Å². The molecule has 1 aromatic carbocycles. The van der Waals surface area contributed by atoms with Crippen LogP contribution in [0.3, 0.4) is 0 Å². The van der Waals surface area contributed by atoms with Crippen LogP contribution >= 0.6 is 11.6 Å². The van der Waals surface area contributed by atoms with E-state index >= 15 is 0 Å². The summed E-state index contributed by atoms with van der Waals surface area (Å²) in [6, 6.07) is 5.20. The number of rotatable bonds is 3. The predicted octanol–water partition coefficient (Wildman–Crippen LogP) is 3.05. The number of fused-ring (bicyclic) bond motifs is 1. The SMILES string of the molecule is CCCCn1c(=O)oc2ccc(Cl)cc21. The van der Waals surface area contributed by atoms with Crippen LogP contribution in [0.1, 0.15) is 19.8 Å². The lowest BCUT2D eigenvalue weighted by Gasteiger charge is -1.99. The number of aryl methyl sites for hydroxylation is 1. The molecular weight excluding hydrogens is 214 g/mol. The van der Waals surface area contributed by atoms with Gasteiger partial charge in [-0.1, -0.05) is 24.9 Å². The molecule has 4 heteroatoms. The van der Waals surface area contributed by atoms with Crippen molar-refractivity contribution in [3.63, 3.8) is 0 Å². The van der Waals surface area contributed by atoms with E-state index in [1.807, 2.05) is 0 Å². The molecule has 80 valence electrons. The van der Waals surface area contributed by atoms with Gasteiger partial charge in [0.05, 0.1) is 5.52 Å². The Morgan fingerprint density at radius 2 is 2.27 bits per heavy atom. The maximum Gasteiger partial charge on any atom is 0.419 e. The van der Waals surface area contributed by atoms with Gasteiger partial charge in [0.1, 0.15) is 0 Å². The zero-order valence-corrected chi connectivity index (χ0v) is 9.25. The smallest absolute Gasteiger partial charge is 0.408 e. The van der Waals surface area contributed by atoms with Crippen molar-refractivity contribution in [2.75, 3.05) is 0 Å². The molecule has 0 unspecified atom stereocenters. The first-order valence-electron chi connectivity index (χ1n) is 5.01. The molecular formula is C11H12ClNO2. The lowest BCUT2D eigenvalue weighted by molar-refractivity contribution is 0.496. The molecule has 0 aliphatic rings. The monoisotopic (exact) mass is 225 g/mol. The van der Waals surface area contributed by atoms with Crippen LogP contribution in [0.5, 0.6) is 0 Å². The van der Waals surface area contributed by atoms with E-state index in [2.05, 4.69) is 6.92 Å². The van der Waals surface area contributed by atoms with E-state index in [1.54, 1.807) is 22.8 Å². The summed E-state index contributed by atoms with van der Waals surface area (Å²) in [5.41, 5.74) is 1.38. The molecule has 0 bridgehead atoms. The first-order chi connectivity index (χ1) is 7.22. The first kappa shape index (κ1) is 10.3. The minimum Gasteiger partial charge on any atom is -0.408 e. The molecule has 0 radical (unpaired) electrons. The molecule has 0 saturated carbocycles. The number of unbranched alkanes of at least 4 members (excludes halogenated alkanes) is 1. The van der Waals surface area contributed by atoms with Crippen LogP contribution in [0.4, 0.5) is 0 Å². The van der Waals surface area contributed by atoms with Crippen LogP contribution in [0, 0.1) is 0 Å². The Labute approximate surface area is 92.3 Å². The Hall–Kier alpha value is -1.22. The van der Waals surface area contributed by atoms with Crippen molar-refractivity contribution >= 4 is 22.7 Å². The van der Waals surface area contributed by atoms with Gasteiger partial charge in [0.25, 0.3) is 0 Å². The van der Waals surface area contributed by atoms with Crippen molar-refractivity contribution in [3.05, 3.63) is 33.8 Å². The number of aromatic nitrogens is 1. The predicted molar refractivity (Wildman–Crippen MR) is 60.4 cm³/mol. The standard InChI is InChI=1S/C11H12ClNO2/c1-2-3-6-13-9-7-8(12)4-5-10(9)15-11(13)14/h4-5,7H,2-3,6H2,1H3. The van der Waals surface area contributed by atoms with Crippen LogP contribution in [0.2, 0.25) is 5.02 Å². The Balaban J connectivity index is 2.55. The fourth-order valence-electron chi connectivity index (χ4n) is 1.56. The summed E-state index contributed by atoms with van der Waals surface area (Å²) in [6.07, 6.45) is 2.00. The Bertz CT molecular complexity index is 527. The third kappa shape index (κ3) is 1.92. The fourth-order valence-corrected chi connectivity index (χ4v) is 1.73. The normalized spacial score (nSPS) is 11.1. The molecule has 0 aliphatic carbocycles. The minimum atomic E-state index is -0.305. The zero-order valence-electron chi connectivity index (χ0n) is 8.50. The van der Waals surface area contributed by atoms with E-state index < -0.39 is 0 Å². The summed E-state index contributed by atoms with van der Waals surface area (Å²) in [4.78, 5) is 11.5. The summed E-state index contributed by atoms with van der Waals surface area (Å²) >= 11 is 5.88. The molecule has 15 heavy (non-hydrogen) atoms. The first-order valence-corrected chi connectivity index (χ1v) is 5.39. The minimum absolute atomic E-state index is 0.305. The second kappa shape index (κ2) is 4.11. The van der Waals surface area contributed by atoms with E-state index in [-0.39, 0.29) is 5.76 Å². The molecule has 2 rings (SSSR count). The van der Waals surface area contributed by atoms with Gasteiger partial charge in [-0.05, 0) is 24.6 Å². The van der Waals surface area contributed by atoms with Gasteiger partial charge in [0, 0.05) is 11.6 Å². The van der Waals surface area contributed by atoms with Gasteiger partial charge in [-0.3, -0.25) is 4.57 Å². The Morgan fingerprint density at radius 3 is 3.00 bits per heavy atom. The van der Waals surface area contributed by atoms with E-state index in [4.69, 9.17) is 16.0 Å². The Kier molecular flexibility index (Phi) is 2.82. The molecule has 3 nitrogen and oxygen atoms in total. The molecule has 2 aromatic rings. The number of halogens is 1. The third-order valence-corrected chi connectivity index (χ3v) is 2.60. The molecule has 1 heterocycles. The number of benzene rings is 1. The van der Waals surface area contributed by atoms with Gasteiger partial charge >= 0.3 is 5.76 Å². The maximum atomic E-state index is 11.5. The van der Waals surface area contributed by atoms with Gasteiger partial charge in [-0.15, -0.1) is 0 Å². The molecule has 0 fully saturated rings. The summed E-state index contributed by atoms with van der Waals surface area (Å²) in [6.45, 7) is 2.77. The number of hydrogen-bond donors (Lipinski definition) is 0. The molecule has 1 aromatic heterocycles. The summed E-state index contributed by atoms with van der Waals surface area (Å²) < 4.78 is 6.73. The van der Waals surface area contributed by atoms with Crippen molar-refractivity contribution in [1.82, 2.24) is 4.57 Å². The second-order valence-corrected chi connectivity index (χ2v) is 3.92. The van der Waals surface area contributed by atoms with E-state index in [0.717, 1.165) is 18.4 Å². The van der Waals surface area contributed by atoms with Gasteiger partial charge < -0.3 is 4.42 Å². The van der Waals surface area contributed by atoms with E-state index in [1.165, 1.54) is 0 Å². The fraction of sp³-hybridized carbons (Fsp3) is 0.364. The lowest BCUT2D eigenvalue weighted by Crippen LogP contribution is -2.13. The lowest BCUT2D eigenvalue weighted by atomic mass is 10.3. The molecule has 0 saturated heterocycles. The van der Waals surface area contributed by atoms with Crippen LogP contribution in [-0.4, -0.2) is 4.57 Å². The van der Waals surface area contributed by atoms with Crippen LogP contribution in [0.15, 0.2) is 27.4 Å². The van der Waals surface area contributed by atoms with Crippen molar-refractivity contribution < 1.29 is 4.42 Å². The second-order valence-electron chi connectivity index (χ2n) is 3.49. The zero-order chi connectivity index (χ0) is 10.8. The van der Waals surface area contributed by atoms with Crippen molar-refractivity contribution in [2.24, 2.45) is 0 Å². The number of nitrogens with zero attached hydrogens (tertiary/aromatic N) is 1. The maximum absolute atomic E-state index is 11.5. The topological polar surface area (TPSA) is 35.1 Å². The Morgan fingerprint density at radius 1 is 1.47 bits per heavy atom. The van der Waals surface area contributed by atoms with Gasteiger partial charge in [0.2, 0.25) is 0 Å². The molecule has 0 aliphatic heterocycles.